The van der Waals surface area contributed by atoms with Gasteiger partial charge in [0, 0.05) is 17.2 Å². The van der Waals surface area contributed by atoms with Crippen molar-refractivity contribution in [2.45, 2.75) is 19.4 Å². The van der Waals surface area contributed by atoms with Crippen LogP contribution < -0.4 is 0 Å². The highest BCUT2D eigenvalue weighted by Crippen LogP contribution is 2.27. The van der Waals surface area contributed by atoms with E-state index in [4.69, 9.17) is 4.74 Å². The molecule has 0 amide bonds. The SMILES string of the molecule is Cc1csc(C2CC(=O)C=CO2)n1. The van der Waals surface area contributed by atoms with Crippen molar-refractivity contribution in [3.05, 3.63) is 28.4 Å². The molecular formula is C9H9NO2S. The second-order valence-corrected chi connectivity index (χ2v) is 3.81. The lowest BCUT2D eigenvalue weighted by Crippen LogP contribution is -2.10. The van der Waals surface area contributed by atoms with Crippen molar-refractivity contribution in [1.29, 1.82) is 0 Å². The Hall–Kier alpha value is -1.16. The van der Waals surface area contributed by atoms with Crippen molar-refractivity contribution >= 4 is 17.1 Å². The molecule has 13 heavy (non-hydrogen) atoms. The van der Waals surface area contributed by atoms with Gasteiger partial charge >= 0.3 is 0 Å². The van der Waals surface area contributed by atoms with E-state index >= 15 is 0 Å². The first-order chi connectivity index (χ1) is 6.25. The van der Waals surface area contributed by atoms with E-state index < -0.39 is 0 Å². The van der Waals surface area contributed by atoms with Gasteiger partial charge in [-0.05, 0) is 6.92 Å². The average Bonchev–Trinajstić information content (AvgIpc) is 2.52. The van der Waals surface area contributed by atoms with Crippen LogP contribution in [0.2, 0.25) is 0 Å². The van der Waals surface area contributed by atoms with Crippen molar-refractivity contribution in [2.24, 2.45) is 0 Å². The summed E-state index contributed by atoms with van der Waals surface area (Å²) in [5, 5.41) is 2.84. The number of hydrogen-bond donors (Lipinski definition) is 0. The Morgan fingerprint density at radius 3 is 3.15 bits per heavy atom. The molecule has 0 aliphatic carbocycles. The van der Waals surface area contributed by atoms with Crippen molar-refractivity contribution in [1.82, 2.24) is 4.98 Å². The molecule has 0 N–H and O–H groups in total. The van der Waals surface area contributed by atoms with Crippen LogP contribution in [0.3, 0.4) is 0 Å². The number of hydrogen-bond acceptors (Lipinski definition) is 4. The monoisotopic (exact) mass is 195 g/mol. The third-order valence-electron chi connectivity index (χ3n) is 1.80. The normalized spacial score (nSPS) is 21.6. The number of thiazole rings is 1. The molecule has 2 rings (SSSR count). The first-order valence-electron chi connectivity index (χ1n) is 4.02. The molecule has 0 saturated carbocycles. The van der Waals surface area contributed by atoms with E-state index in [-0.39, 0.29) is 11.9 Å². The second kappa shape index (κ2) is 3.30. The largest absolute Gasteiger partial charge is 0.490 e. The lowest BCUT2D eigenvalue weighted by molar-refractivity contribution is -0.118. The first-order valence-corrected chi connectivity index (χ1v) is 4.90. The highest BCUT2D eigenvalue weighted by molar-refractivity contribution is 7.09. The van der Waals surface area contributed by atoms with Gasteiger partial charge in [0.25, 0.3) is 0 Å². The molecule has 4 heteroatoms. The van der Waals surface area contributed by atoms with E-state index in [1.807, 2.05) is 12.3 Å². The highest BCUT2D eigenvalue weighted by Gasteiger charge is 2.21. The minimum Gasteiger partial charge on any atom is -0.490 e. The Labute approximate surface area is 80.1 Å². The van der Waals surface area contributed by atoms with Crippen LogP contribution in [0.4, 0.5) is 0 Å². The predicted octanol–water partition coefficient (Wildman–Crippen LogP) is 2.00. The summed E-state index contributed by atoms with van der Waals surface area (Å²) in [7, 11) is 0. The molecule has 68 valence electrons. The molecule has 0 bridgehead atoms. The predicted molar refractivity (Wildman–Crippen MR) is 49.4 cm³/mol. The van der Waals surface area contributed by atoms with Crippen molar-refractivity contribution < 1.29 is 9.53 Å². The zero-order valence-corrected chi connectivity index (χ0v) is 8.00. The van der Waals surface area contributed by atoms with E-state index in [1.54, 1.807) is 0 Å². The average molecular weight is 195 g/mol. The summed E-state index contributed by atoms with van der Waals surface area (Å²) < 4.78 is 5.29. The minimum atomic E-state index is -0.170. The highest BCUT2D eigenvalue weighted by atomic mass is 32.1. The topological polar surface area (TPSA) is 39.2 Å². The Morgan fingerprint density at radius 2 is 2.54 bits per heavy atom. The zero-order valence-electron chi connectivity index (χ0n) is 7.19. The number of nitrogens with zero attached hydrogens (tertiary/aromatic N) is 1. The van der Waals surface area contributed by atoms with Crippen LogP contribution in [0, 0.1) is 6.92 Å². The Bertz CT molecular complexity index is 356. The van der Waals surface area contributed by atoms with Crippen molar-refractivity contribution in [3.63, 3.8) is 0 Å². The molecule has 0 aromatic carbocycles. The summed E-state index contributed by atoms with van der Waals surface area (Å²) >= 11 is 1.54. The number of ketones is 1. The molecule has 1 aliphatic rings. The summed E-state index contributed by atoms with van der Waals surface area (Å²) in [5.74, 6) is 0.101. The maximum absolute atomic E-state index is 11.1. The fraction of sp³-hybridized carbons (Fsp3) is 0.333. The van der Waals surface area contributed by atoms with E-state index in [0.717, 1.165) is 10.7 Å². The summed E-state index contributed by atoms with van der Waals surface area (Å²) in [6.07, 6.45) is 3.14. The second-order valence-electron chi connectivity index (χ2n) is 2.93. The number of aromatic nitrogens is 1. The van der Waals surface area contributed by atoms with Gasteiger partial charge in [-0.3, -0.25) is 4.79 Å². The zero-order chi connectivity index (χ0) is 9.26. The van der Waals surface area contributed by atoms with Gasteiger partial charge in [-0.1, -0.05) is 0 Å². The number of carbonyl (C=O) groups is 1. The third kappa shape index (κ3) is 1.78. The maximum Gasteiger partial charge on any atom is 0.162 e. The molecule has 1 aromatic heterocycles. The molecule has 3 nitrogen and oxygen atoms in total. The van der Waals surface area contributed by atoms with Crippen molar-refractivity contribution in [3.8, 4) is 0 Å². The third-order valence-corrected chi connectivity index (χ3v) is 2.85. The van der Waals surface area contributed by atoms with Gasteiger partial charge in [-0.25, -0.2) is 4.98 Å². The Morgan fingerprint density at radius 1 is 1.69 bits per heavy atom. The lowest BCUT2D eigenvalue weighted by Gasteiger charge is -2.15. The Kier molecular flexibility index (Phi) is 2.14. The molecule has 1 unspecified atom stereocenters. The number of aryl methyl sites for hydroxylation is 1. The fourth-order valence-electron chi connectivity index (χ4n) is 1.17. The van der Waals surface area contributed by atoms with E-state index in [2.05, 4.69) is 4.98 Å². The maximum atomic E-state index is 11.1. The van der Waals surface area contributed by atoms with E-state index in [9.17, 15) is 4.79 Å². The molecule has 1 atom stereocenters. The van der Waals surface area contributed by atoms with Crippen LogP contribution in [0.1, 0.15) is 23.2 Å². The summed E-state index contributed by atoms with van der Waals surface area (Å²) in [6.45, 7) is 1.93. The summed E-state index contributed by atoms with van der Waals surface area (Å²) in [6, 6.07) is 0. The van der Waals surface area contributed by atoms with Gasteiger partial charge in [0.2, 0.25) is 0 Å². The molecule has 0 radical (unpaired) electrons. The van der Waals surface area contributed by atoms with Gasteiger partial charge in [0.15, 0.2) is 11.9 Å². The molecule has 2 heterocycles. The van der Waals surface area contributed by atoms with Crippen LogP contribution in [0.5, 0.6) is 0 Å². The summed E-state index contributed by atoms with van der Waals surface area (Å²) in [4.78, 5) is 15.3. The van der Waals surface area contributed by atoms with E-state index in [0.29, 0.717) is 6.42 Å². The number of allylic oxidation sites excluding steroid dienone is 1. The molecule has 0 saturated heterocycles. The van der Waals surface area contributed by atoms with Gasteiger partial charge in [0.1, 0.15) is 5.01 Å². The Balaban J connectivity index is 2.18. The quantitative estimate of drug-likeness (QED) is 0.688. The van der Waals surface area contributed by atoms with Crippen LogP contribution in [-0.4, -0.2) is 10.8 Å². The number of rotatable bonds is 1. The standard InChI is InChI=1S/C9H9NO2S/c1-6-5-13-9(10-6)8-4-7(11)2-3-12-8/h2-3,5,8H,4H2,1H3. The molecule has 1 aliphatic heterocycles. The summed E-state index contributed by atoms with van der Waals surface area (Å²) in [5.41, 5.74) is 0.977. The van der Waals surface area contributed by atoms with Gasteiger partial charge in [-0.15, -0.1) is 11.3 Å². The number of carbonyl (C=O) groups excluding carboxylic acids is 1. The van der Waals surface area contributed by atoms with E-state index in [1.165, 1.54) is 23.7 Å². The van der Waals surface area contributed by atoms with Crippen LogP contribution in [0.25, 0.3) is 0 Å². The molecule has 1 aromatic rings. The van der Waals surface area contributed by atoms with Gasteiger partial charge in [0.05, 0.1) is 12.7 Å². The molecule has 0 fully saturated rings. The van der Waals surface area contributed by atoms with Crippen LogP contribution in [0.15, 0.2) is 17.7 Å². The number of ether oxygens (including phenoxy) is 1. The minimum absolute atomic E-state index is 0.101. The van der Waals surface area contributed by atoms with Crippen molar-refractivity contribution in [2.75, 3.05) is 0 Å². The van der Waals surface area contributed by atoms with Crippen LogP contribution in [-0.2, 0) is 9.53 Å². The molecule has 0 spiro atoms. The molecular weight excluding hydrogens is 186 g/mol. The lowest BCUT2D eigenvalue weighted by atomic mass is 10.1. The first kappa shape index (κ1) is 8.44. The van der Waals surface area contributed by atoms with Gasteiger partial charge < -0.3 is 4.74 Å². The fourth-order valence-corrected chi connectivity index (χ4v) is 2.01. The van der Waals surface area contributed by atoms with Gasteiger partial charge in [-0.2, -0.15) is 0 Å². The smallest absolute Gasteiger partial charge is 0.162 e. The van der Waals surface area contributed by atoms with Crippen LogP contribution >= 0.6 is 11.3 Å².